The lowest BCUT2D eigenvalue weighted by molar-refractivity contribution is -0.119. The Hall–Kier alpha value is -2.24. The van der Waals surface area contributed by atoms with E-state index in [0.717, 1.165) is 0 Å². The molecule has 6 nitrogen and oxygen atoms in total. The van der Waals surface area contributed by atoms with Crippen molar-refractivity contribution < 1.29 is 19.8 Å². The van der Waals surface area contributed by atoms with E-state index >= 15 is 0 Å². The molecule has 6 heteroatoms. The number of hydrogen-bond acceptors (Lipinski definition) is 4. The number of carbonyl (C=O) groups excluding carboxylic acids is 2. The molecule has 0 aliphatic rings. The van der Waals surface area contributed by atoms with Crippen molar-refractivity contribution in [3.63, 3.8) is 0 Å². The van der Waals surface area contributed by atoms with Crippen LogP contribution in [0.5, 0.6) is 11.5 Å². The molecule has 1 atom stereocenters. The van der Waals surface area contributed by atoms with Crippen LogP contribution < -0.4 is 11.1 Å². The summed E-state index contributed by atoms with van der Waals surface area (Å²) in [4.78, 5) is 22.3. The molecule has 0 bridgehead atoms. The highest BCUT2D eigenvalue weighted by atomic mass is 16.3. The highest BCUT2D eigenvalue weighted by Gasteiger charge is 2.17. The molecule has 0 saturated carbocycles. The van der Waals surface area contributed by atoms with E-state index in [1.54, 1.807) is 0 Å². The third kappa shape index (κ3) is 2.41. The Morgan fingerprint density at radius 2 is 2.00 bits per heavy atom. The second-order valence-electron chi connectivity index (χ2n) is 3.27. The average molecular weight is 224 g/mol. The normalized spacial score (nSPS) is 11.8. The number of amides is 2. The number of benzene rings is 1. The van der Waals surface area contributed by atoms with Gasteiger partial charge in [-0.15, -0.1) is 0 Å². The predicted octanol–water partition coefficient (Wildman–Crippen LogP) is -0.299. The maximum atomic E-state index is 11.5. The topological polar surface area (TPSA) is 113 Å². The van der Waals surface area contributed by atoms with Crippen LogP contribution in [-0.4, -0.2) is 28.1 Å². The maximum absolute atomic E-state index is 11.5. The molecule has 1 unspecified atom stereocenters. The van der Waals surface area contributed by atoms with E-state index in [1.165, 1.54) is 25.1 Å². The van der Waals surface area contributed by atoms with Crippen molar-refractivity contribution in [3.8, 4) is 11.5 Å². The van der Waals surface area contributed by atoms with E-state index in [-0.39, 0.29) is 5.56 Å². The summed E-state index contributed by atoms with van der Waals surface area (Å²) in [7, 11) is 0. The van der Waals surface area contributed by atoms with E-state index in [2.05, 4.69) is 5.32 Å². The quantitative estimate of drug-likeness (QED) is 0.528. The van der Waals surface area contributed by atoms with Crippen LogP contribution in [0, 0.1) is 0 Å². The minimum atomic E-state index is -0.853. The Labute approximate surface area is 91.7 Å². The van der Waals surface area contributed by atoms with Gasteiger partial charge in [0, 0.05) is 0 Å². The number of hydrogen-bond donors (Lipinski definition) is 4. The van der Waals surface area contributed by atoms with Gasteiger partial charge in [0.05, 0.1) is 5.56 Å². The molecule has 0 aliphatic heterocycles. The molecule has 0 aromatic heterocycles. The maximum Gasteiger partial charge on any atom is 0.255 e. The van der Waals surface area contributed by atoms with Gasteiger partial charge in [-0.25, -0.2) is 0 Å². The summed E-state index contributed by atoms with van der Waals surface area (Å²) in [6, 6.07) is 3.11. The summed E-state index contributed by atoms with van der Waals surface area (Å²) in [6.07, 6.45) is 0. The number of nitrogens with one attached hydrogen (secondary N) is 1. The summed E-state index contributed by atoms with van der Waals surface area (Å²) >= 11 is 0. The molecule has 0 fully saturated rings. The zero-order valence-electron chi connectivity index (χ0n) is 8.60. The minimum absolute atomic E-state index is 0.117. The SMILES string of the molecule is CC(NC(=O)c1cccc(O)c1O)C(N)=O. The van der Waals surface area contributed by atoms with Crippen LogP contribution in [0.3, 0.4) is 0 Å². The number of para-hydroxylation sites is 1. The summed E-state index contributed by atoms with van der Waals surface area (Å²) < 4.78 is 0. The summed E-state index contributed by atoms with van der Waals surface area (Å²) in [5.41, 5.74) is 4.85. The van der Waals surface area contributed by atoms with Crippen LogP contribution in [0.2, 0.25) is 0 Å². The lowest BCUT2D eigenvalue weighted by Crippen LogP contribution is -2.42. The van der Waals surface area contributed by atoms with Gasteiger partial charge in [0.2, 0.25) is 5.91 Å². The number of nitrogens with two attached hydrogens (primary N) is 1. The van der Waals surface area contributed by atoms with Crippen molar-refractivity contribution in [2.75, 3.05) is 0 Å². The molecule has 0 heterocycles. The first-order valence-corrected chi connectivity index (χ1v) is 4.54. The minimum Gasteiger partial charge on any atom is -0.504 e. The highest BCUT2D eigenvalue weighted by molar-refractivity contribution is 5.99. The van der Waals surface area contributed by atoms with Crippen molar-refractivity contribution in [2.45, 2.75) is 13.0 Å². The Balaban J connectivity index is 2.89. The lowest BCUT2D eigenvalue weighted by Gasteiger charge is -2.11. The van der Waals surface area contributed by atoms with Crippen molar-refractivity contribution in [1.82, 2.24) is 5.32 Å². The second kappa shape index (κ2) is 4.52. The molecule has 1 rings (SSSR count). The number of rotatable bonds is 3. The zero-order valence-corrected chi connectivity index (χ0v) is 8.60. The van der Waals surface area contributed by atoms with Gasteiger partial charge in [0.15, 0.2) is 11.5 Å². The molecular weight excluding hydrogens is 212 g/mol. The third-order valence-corrected chi connectivity index (χ3v) is 2.03. The molecule has 0 aliphatic carbocycles. The van der Waals surface area contributed by atoms with Gasteiger partial charge in [0.25, 0.3) is 5.91 Å². The molecule has 2 amide bonds. The Bertz CT molecular complexity index is 431. The van der Waals surface area contributed by atoms with Crippen LogP contribution >= 0.6 is 0 Å². The molecule has 5 N–H and O–H groups in total. The van der Waals surface area contributed by atoms with Crippen molar-refractivity contribution in [3.05, 3.63) is 23.8 Å². The largest absolute Gasteiger partial charge is 0.504 e. The standard InChI is InChI=1S/C10H12N2O4/c1-5(9(11)15)12-10(16)6-3-2-4-7(13)8(6)14/h2-5,13-14H,1H3,(H2,11,15)(H,12,16). The van der Waals surface area contributed by atoms with E-state index < -0.39 is 29.4 Å². The number of carbonyl (C=O) groups is 2. The van der Waals surface area contributed by atoms with Gasteiger partial charge >= 0.3 is 0 Å². The van der Waals surface area contributed by atoms with Gasteiger partial charge in [-0.2, -0.15) is 0 Å². The summed E-state index contributed by atoms with van der Waals surface area (Å²) in [5, 5.41) is 20.8. The average Bonchev–Trinajstić information content (AvgIpc) is 2.21. The van der Waals surface area contributed by atoms with Crippen LogP contribution in [0.1, 0.15) is 17.3 Å². The number of aromatic hydroxyl groups is 2. The molecule has 16 heavy (non-hydrogen) atoms. The third-order valence-electron chi connectivity index (χ3n) is 2.03. The first kappa shape index (κ1) is 11.8. The molecular formula is C10H12N2O4. The first-order valence-electron chi connectivity index (χ1n) is 4.54. The van der Waals surface area contributed by atoms with Crippen LogP contribution in [-0.2, 0) is 4.79 Å². The Morgan fingerprint density at radius 3 is 2.56 bits per heavy atom. The fourth-order valence-electron chi connectivity index (χ4n) is 1.06. The number of phenols is 2. The van der Waals surface area contributed by atoms with Crippen molar-refractivity contribution >= 4 is 11.8 Å². The second-order valence-corrected chi connectivity index (χ2v) is 3.27. The molecule has 0 spiro atoms. The molecule has 1 aromatic carbocycles. The van der Waals surface area contributed by atoms with E-state index in [1.807, 2.05) is 0 Å². The van der Waals surface area contributed by atoms with Gasteiger partial charge in [-0.05, 0) is 19.1 Å². The van der Waals surface area contributed by atoms with Gasteiger partial charge in [-0.3, -0.25) is 9.59 Å². The first-order chi connectivity index (χ1) is 7.43. The lowest BCUT2D eigenvalue weighted by atomic mass is 10.1. The molecule has 86 valence electrons. The van der Waals surface area contributed by atoms with Gasteiger partial charge < -0.3 is 21.3 Å². The smallest absolute Gasteiger partial charge is 0.255 e. The van der Waals surface area contributed by atoms with Crippen LogP contribution in [0.4, 0.5) is 0 Å². The van der Waals surface area contributed by atoms with E-state index in [4.69, 9.17) is 5.73 Å². The van der Waals surface area contributed by atoms with E-state index in [9.17, 15) is 19.8 Å². The van der Waals surface area contributed by atoms with Crippen LogP contribution in [0.15, 0.2) is 18.2 Å². The Morgan fingerprint density at radius 1 is 1.38 bits per heavy atom. The molecule has 0 radical (unpaired) electrons. The monoisotopic (exact) mass is 224 g/mol. The van der Waals surface area contributed by atoms with Crippen molar-refractivity contribution in [2.24, 2.45) is 5.73 Å². The van der Waals surface area contributed by atoms with E-state index in [0.29, 0.717) is 0 Å². The molecule has 0 saturated heterocycles. The van der Waals surface area contributed by atoms with Crippen LogP contribution in [0.25, 0.3) is 0 Å². The highest BCUT2D eigenvalue weighted by Crippen LogP contribution is 2.27. The predicted molar refractivity (Wildman–Crippen MR) is 55.9 cm³/mol. The molecule has 1 aromatic rings. The van der Waals surface area contributed by atoms with Gasteiger partial charge in [-0.1, -0.05) is 6.07 Å². The fraction of sp³-hybridized carbons (Fsp3) is 0.200. The summed E-state index contributed by atoms with van der Waals surface area (Å²) in [5.74, 6) is -2.30. The van der Waals surface area contributed by atoms with Gasteiger partial charge in [0.1, 0.15) is 6.04 Å². The number of phenolic OH excluding ortho intramolecular Hbond substituents is 2. The van der Waals surface area contributed by atoms with Crippen molar-refractivity contribution in [1.29, 1.82) is 0 Å². The summed E-state index contributed by atoms with van der Waals surface area (Å²) in [6.45, 7) is 1.42. The number of primary amides is 1. The zero-order chi connectivity index (χ0) is 12.3. The fourth-order valence-corrected chi connectivity index (χ4v) is 1.06. The Kier molecular flexibility index (Phi) is 3.34.